The highest BCUT2D eigenvalue weighted by atomic mass is 16.1. The lowest BCUT2D eigenvalue weighted by Crippen LogP contribution is -2.20. The van der Waals surface area contributed by atoms with E-state index in [-0.39, 0.29) is 11.3 Å². The maximum absolute atomic E-state index is 13.0. The van der Waals surface area contributed by atoms with E-state index in [1.807, 2.05) is 6.07 Å². The molecule has 0 unspecified atom stereocenters. The summed E-state index contributed by atoms with van der Waals surface area (Å²) in [6.07, 6.45) is 1.70. The van der Waals surface area contributed by atoms with Crippen LogP contribution in [-0.4, -0.2) is 29.9 Å². The average molecular weight is 333 g/mol. The SMILES string of the molecule is CC(=O)c1ccc(-n2ccc3c(c(C)nc4nc(C)nn43)c2=O)cc1. The van der Waals surface area contributed by atoms with Gasteiger partial charge in [-0.2, -0.15) is 9.50 Å². The summed E-state index contributed by atoms with van der Waals surface area (Å²) < 4.78 is 3.12. The van der Waals surface area contributed by atoms with E-state index in [1.54, 1.807) is 48.8 Å². The summed E-state index contributed by atoms with van der Waals surface area (Å²) in [4.78, 5) is 33.1. The Morgan fingerprint density at radius 3 is 2.44 bits per heavy atom. The third-order valence-corrected chi connectivity index (χ3v) is 4.18. The Balaban J connectivity index is 1.99. The molecule has 4 rings (SSSR count). The molecule has 124 valence electrons. The number of nitrogens with zero attached hydrogens (tertiary/aromatic N) is 5. The van der Waals surface area contributed by atoms with Gasteiger partial charge in [-0.05, 0) is 51.1 Å². The molecule has 0 amide bonds. The van der Waals surface area contributed by atoms with E-state index in [0.717, 1.165) is 0 Å². The topological polar surface area (TPSA) is 82.2 Å². The fraction of sp³-hybridized carbons (Fsp3) is 0.167. The maximum Gasteiger partial charge on any atom is 0.266 e. The molecule has 4 aromatic rings. The van der Waals surface area contributed by atoms with Crippen molar-refractivity contribution in [3.05, 3.63) is 64.0 Å². The number of ketones is 1. The van der Waals surface area contributed by atoms with Crippen molar-refractivity contribution in [1.29, 1.82) is 0 Å². The zero-order chi connectivity index (χ0) is 17.7. The van der Waals surface area contributed by atoms with E-state index < -0.39 is 0 Å². The molecule has 0 fully saturated rings. The third-order valence-electron chi connectivity index (χ3n) is 4.18. The highest BCUT2D eigenvalue weighted by Crippen LogP contribution is 2.16. The van der Waals surface area contributed by atoms with E-state index in [0.29, 0.717) is 39.4 Å². The lowest BCUT2D eigenvalue weighted by atomic mass is 10.1. The molecule has 3 heterocycles. The van der Waals surface area contributed by atoms with Crippen LogP contribution in [0.5, 0.6) is 0 Å². The van der Waals surface area contributed by atoms with Gasteiger partial charge in [0.25, 0.3) is 11.3 Å². The standard InChI is InChI=1S/C18H15N5O2/c1-10-16-15(23-18(19-10)20-12(3)21-23)8-9-22(17(16)25)14-6-4-13(5-7-14)11(2)24/h4-9H,1-3H3. The average Bonchev–Trinajstić information content (AvgIpc) is 2.95. The van der Waals surface area contributed by atoms with Crippen molar-refractivity contribution in [3.8, 4) is 5.69 Å². The monoisotopic (exact) mass is 333 g/mol. The number of carbonyl (C=O) groups is 1. The molecule has 3 aromatic heterocycles. The number of aryl methyl sites for hydroxylation is 2. The molecule has 0 spiro atoms. The minimum absolute atomic E-state index is 0.0126. The fourth-order valence-corrected chi connectivity index (χ4v) is 2.95. The van der Waals surface area contributed by atoms with Gasteiger partial charge in [-0.3, -0.25) is 14.2 Å². The summed E-state index contributed by atoms with van der Waals surface area (Å²) in [5, 5.41) is 4.81. The van der Waals surface area contributed by atoms with Crippen LogP contribution in [0, 0.1) is 13.8 Å². The van der Waals surface area contributed by atoms with Crippen LogP contribution in [0.1, 0.15) is 28.8 Å². The van der Waals surface area contributed by atoms with Crippen molar-refractivity contribution in [1.82, 2.24) is 24.1 Å². The third kappa shape index (κ3) is 2.32. The number of aromatic nitrogens is 5. The second-order valence-corrected chi connectivity index (χ2v) is 5.92. The van der Waals surface area contributed by atoms with Gasteiger partial charge in [0.1, 0.15) is 5.82 Å². The van der Waals surface area contributed by atoms with E-state index in [4.69, 9.17) is 0 Å². The molecule has 0 aliphatic heterocycles. The van der Waals surface area contributed by atoms with Crippen LogP contribution >= 0.6 is 0 Å². The van der Waals surface area contributed by atoms with Crippen molar-refractivity contribution in [2.24, 2.45) is 0 Å². The Morgan fingerprint density at radius 2 is 1.76 bits per heavy atom. The molecule has 0 bridgehead atoms. The normalized spacial score (nSPS) is 11.3. The highest BCUT2D eigenvalue weighted by Gasteiger charge is 2.14. The molecule has 0 saturated heterocycles. The number of Topliss-reactive ketones (excluding diaryl/α,β-unsaturated/α-hetero) is 1. The molecule has 0 N–H and O–H groups in total. The first-order valence-corrected chi connectivity index (χ1v) is 7.82. The molecule has 0 aliphatic rings. The number of benzene rings is 1. The smallest absolute Gasteiger partial charge is 0.266 e. The van der Waals surface area contributed by atoms with E-state index in [2.05, 4.69) is 15.1 Å². The Hall–Kier alpha value is -3.35. The molecule has 7 heteroatoms. The van der Waals surface area contributed by atoms with Gasteiger partial charge in [0.05, 0.1) is 16.6 Å². The van der Waals surface area contributed by atoms with Gasteiger partial charge in [-0.15, -0.1) is 5.10 Å². The molecule has 0 radical (unpaired) electrons. The van der Waals surface area contributed by atoms with Crippen molar-refractivity contribution in [2.75, 3.05) is 0 Å². The second kappa shape index (κ2) is 5.34. The van der Waals surface area contributed by atoms with Crippen molar-refractivity contribution in [2.45, 2.75) is 20.8 Å². The van der Waals surface area contributed by atoms with E-state index >= 15 is 0 Å². The van der Waals surface area contributed by atoms with Gasteiger partial charge in [0.15, 0.2) is 5.78 Å². The lowest BCUT2D eigenvalue weighted by Gasteiger charge is -2.09. The molecule has 0 atom stereocenters. The minimum Gasteiger partial charge on any atom is -0.295 e. The molecular weight excluding hydrogens is 318 g/mol. The largest absolute Gasteiger partial charge is 0.295 e. The Morgan fingerprint density at radius 1 is 1.04 bits per heavy atom. The first-order valence-electron chi connectivity index (χ1n) is 7.82. The summed E-state index contributed by atoms with van der Waals surface area (Å²) >= 11 is 0. The molecule has 0 saturated carbocycles. The van der Waals surface area contributed by atoms with Crippen molar-refractivity contribution < 1.29 is 4.79 Å². The van der Waals surface area contributed by atoms with Crippen LogP contribution in [-0.2, 0) is 0 Å². The van der Waals surface area contributed by atoms with Gasteiger partial charge in [0.2, 0.25) is 0 Å². The first kappa shape index (κ1) is 15.2. The summed E-state index contributed by atoms with van der Waals surface area (Å²) in [6.45, 7) is 5.09. The molecule has 7 nitrogen and oxygen atoms in total. The maximum atomic E-state index is 13.0. The zero-order valence-electron chi connectivity index (χ0n) is 14.0. The fourth-order valence-electron chi connectivity index (χ4n) is 2.95. The predicted molar refractivity (Wildman–Crippen MR) is 93.4 cm³/mol. The number of pyridine rings is 1. The van der Waals surface area contributed by atoms with Crippen LogP contribution in [0.15, 0.2) is 41.3 Å². The molecular formula is C18H15N5O2. The number of hydrogen-bond donors (Lipinski definition) is 0. The van der Waals surface area contributed by atoms with Crippen molar-refractivity contribution in [3.63, 3.8) is 0 Å². The van der Waals surface area contributed by atoms with Crippen LogP contribution in [0.4, 0.5) is 0 Å². The van der Waals surface area contributed by atoms with E-state index in [1.165, 1.54) is 11.5 Å². The van der Waals surface area contributed by atoms with Crippen molar-refractivity contribution >= 4 is 22.5 Å². The Labute approximate surface area is 142 Å². The van der Waals surface area contributed by atoms with Gasteiger partial charge in [-0.1, -0.05) is 0 Å². The quantitative estimate of drug-likeness (QED) is 0.526. The number of carbonyl (C=O) groups excluding carboxylic acids is 1. The van der Waals surface area contributed by atoms with Gasteiger partial charge < -0.3 is 0 Å². The number of hydrogen-bond acceptors (Lipinski definition) is 5. The summed E-state index contributed by atoms with van der Waals surface area (Å²) in [5.74, 6) is 1.07. The van der Waals surface area contributed by atoms with E-state index in [9.17, 15) is 9.59 Å². The van der Waals surface area contributed by atoms with Crippen LogP contribution < -0.4 is 5.56 Å². The molecule has 1 aromatic carbocycles. The van der Waals surface area contributed by atoms with Gasteiger partial charge in [0, 0.05) is 17.4 Å². The zero-order valence-corrected chi connectivity index (χ0v) is 14.0. The van der Waals surface area contributed by atoms with Crippen LogP contribution in [0.25, 0.3) is 22.4 Å². The second-order valence-electron chi connectivity index (χ2n) is 5.92. The van der Waals surface area contributed by atoms with Gasteiger partial charge >= 0.3 is 0 Å². The Bertz CT molecular complexity index is 1200. The summed E-state index contributed by atoms with van der Waals surface area (Å²) in [5.41, 5.74) is 2.38. The number of rotatable bonds is 2. The van der Waals surface area contributed by atoms with Crippen LogP contribution in [0.3, 0.4) is 0 Å². The molecule has 25 heavy (non-hydrogen) atoms. The lowest BCUT2D eigenvalue weighted by molar-refractivity contribution is 0.101. The predicted octanol–water partition coefficient (Wildman–Crippen LogP) is 2.25. The van der Waals surface area contributed by atoms with Crippen LogP contribution in [0.2, 0.25) is 0 Å². The number of fused-ring (bicyclic) bond motifs is 3. The van der Waals surface area contributed by atoms with Gasteiger partial charge in [-0.25, -0.2) is 4.98 Å². The first-order chi connectivity index (χ1) is 12.0. The molecule has 0 aliphatic carbocycles. The Kier molecular flexibility index (Phi) is 3.24. The summed E-state index contributed by atoms with van der Waals surface area (Å²) in [7, 11) is 0. The summed E-state index contributed by atoms with van der Waals surface area (Å²) in [6, 6.07) is 8.76. The highest BCUT2D eigenvalue weighted by molar-refractivity contribution is 5.94. The minimum atomic E-state index is -0.187.